The number of anilines is 1. The fraction of sp³-hybridized carbons (Fsp3) is 0. The highest BCUT2D eigenvalue weighted by atomic mass is 35.5. The molecule has 0 saturated heterocycles. The van der Waals surface area contributed by atoms with E-state index in [4.69, 9.17) is 16.3 Å². The number of H-pyrrole nitrogens is 1. The van der Waals surface area contributed by atoms with Crippen molar-refractivity contribution in [3.05, 3.63) is 71.0 Å². The average molecular weight is 398 g/mol. The topological polar surface area (TPSA) is 92.8 Å². The van der Waals surface area contributed by atoms with E-state index in [-0.39, 0.29) is 5.91 Å². The molecule has 0 aliphatic carbocycles. The number of aromatic amines is 1. The quantitative estimate of drug-likeness (QED) is 0.512. The van der Waals surface area contributed by atoms with Gasteiger partial charge < -0.3 is 10.1 Å². The summed E-state index contributed by atoms with van der Waals surface area (Å²) in [5.41, 5.74) is 0.934. The summed E-state index contributed by atoms with van der Waals surface area (Å²) in [5.74, 6) is 1.40. The molecule has 0 fully saturated rings. The molecule has 7 nitrogen and oxygen atoms in total. The number of carbonyl (C=O) groups is 1. The number of amides is 1. The van der Waals surface area contributed by atoms with Gasteiger partial charge in [0.25, 0.3) is 5.91 Å². The van der Waals surface area contributed by atoms with Crippen LogP contribution in [-0.4, -0.2) is 26.1 Å². The predicted molar refractivity (Wildman–Crippen MR) is 103 cm³/mol. The van der Waals surface area contributed by atoms with E-state index in [1.165, 1.54) is 17.7 Å². The van der Waals surface area contributed by atoms with Crippen LogP contribution in [0.3, 0.4) is 0 Å². The SMILES string of the molecule is O=C(Nc1ccc(Oc2ccccc2Cl)cc1)c1csc(-c2ncn[nH]2)n1. The first-order valence-corrected chi connectivity index (χ1v) is 9.10. The molecule has 2 N–H and O–H groups in total. The zero-order valence-corrected chi connectivity index (χ0v) is 15.3. The Morgan fingerprint density at radius 1 is 1.15 bits per heavy atom. The third kappa shape index (κ3) is 3.97. The molecule has 0 spiro atoms. The molecule has 0 saturated carbocycles. The normalized spacial score (nSPS) is 10.6. The maximum atomic E-state index is 12.4. The average Bonchev–Trinajstić information content (AvgIpc) is 3.36. The lowest BCUT2D eigenvalue weighted by Gasteiger charge is -2.08. The zero-order valence-electron chi connectivity index (χ0n) is 13.7. The fourth-order valence-corrected chi connectivity index (χ4v) is 3.17. The Labute approximate surface area is 163 Å². The lowest BCUT2D eigenvalue weighted by Crippen LogP contribution is -2.12. The molecule has 0 aliphatic rings. The van der Waals surface area contributed by atoms with E-state index < -0.39 is 0 Å². The van der Waals surface area contributed by atoms with E-state index >= 15 is 0 Å². The number of aromatic nitrogens is 4. The molecule has 4 aromatic rings. The number of halogens is 1. The third-order valence-electron chi connectivity index (χ3n) is 3.53. The highest BCUT2D eigenvalue weighted by molar-refractivity contribution is 7.13. The molecule has 4 rings (SSSR count). The lowest BCUT2D eigenvalue weighted by atomic mass is 10.3. The number of nitrogens with zero attached hydrogens (tertiary/aromatic N) is 3. The third-order valence-corrected chi connectivity index (χ3v) is 4.69. The number of ether oxygens (including phenoxy) is 1. The van der Waals surface area contributed by atoms with Gasteiger partial charge >= 0.3 is 0 Å². The Kier molecular flexibility index (Phi) is 4.82. The summed E-state index contributed by atoms with van der Waals surface area (Å²) in [6, 6.07) is 14.2. The van der Waals surface area contributed by atoms with Crippen LogP contribution in [0.4, 0.5) is 5.69 Å². The van der Waals surface area contributed by atoms with Crippen molar-refractivity contribution >= 4 is 34.5 Å². The number of nitrogens with one attached hydrogen (secondary N) is 2. The molecule has 0 bridgehead atoms. The Morgan fingerprint density at radius 3 is 2.70 bits per heavy atom. The number of rotatable bonds is 5. The van der Waals surface area contributed by atoms with Crippen molar-refractivity contribution in [3.63, 3.8) is 0 Å². The Morgan fingerprint density at radius 2 is 1.96 bits per heavy atom. The Balaban J connectivity index is 1.42. The predicted octanol–water partition coefficient (Wildman–Crippen LogP) is 4.63. The van der Waals surface area contributed by atoms with E-state index in [1.54, 1.807) is 41.8 Å². The van der Waals surface area contributed by atoms with Crippen LogP contribution in [0.15, 0.2) is 60.2 Å². The second-order valence-corrected chi connectivity index (χ2v) is 6.65. The van der Waals surface area contributed by atoms with Crippen molar-refractivity contribution in [1.82, 2.24) is 20.2 Å². The van der Waals surface area contributed by atoms with Gasteiger partial charge in [0.1, 0.15) is 23.5 Å². The standard InChI is InChI=1S/C18H12ClN5O2S/c19-13-3-1-2-4-15(13)26-12-7-5-11(6-8-12)22-17(25)14-9-27-18(23-14)16-20-10-21-24-16/h1-10H,(H,22,25)(H,20,21,24). The summed E-state index contributed by atoms with van der Waals surface area (Å²) in [6.45, 7) is 0. The van der Waals surface area contributed by atoms with Crippen LogP contribution in [0.5, 0.6) is 11.5 Å². The monoisotopic (exact) mass is 397 g/mol. The summed E-state index contributed by atoms with van der Waals surface area (Å²) < 4.78 is 5.73. The number of thiazole rings is 1. The van der Waals surface area contributed by atoms with E-state index in [9.17, 15) is 4.79 Å². The van der Waals surface area contributed by atoms with Crippen molar-refractivity contribution in [2.45, 2.75) is 0 Å². The first kappa shape index (κ1) is 17.2. The first-order valence-electron chi connectivity index (χ1n) is 7.84. The fourth-order valence-electron chi connectivity index (χ4n) is 2.25. The second kappa shape index (κ2) is 7.56. The first-order chi connectivity index (χ1) is 13.2. The van der Waals surface area contributed by atoms with Crippen molar-refractivity contribution in [2.75, 3.05) is 5.32 Å². The van der Waals surface area contributed by atoms with E-state index in [2.05, 4.69) is 25.5 Å². The highest BCUT2D eigenvalue weighted by Gasteiger charge is 2.13. The summed E-state index contributed by atoms with van der Waals surface area (Å²) in [7, 11) is 0. The maximum Gasteiger partial charge on any atom is 0.275 e. The van der Waals surface area contributed by atoms with E-state index in [0.29, 0.717) is 38.7 Å². The molecule has 0 radical (unpaired) electrons. The Hall–Kier alpha value is -3.23. The van der Waals surface area contributed by atoms with Crippen LogP contribution in [0, 0.1) is 0 Å². The molecule has 2 aromatic heterocycles. The smallest absolute Gasteiger partial charge is 0.275 e. The number of hydrogen-bond acceptors (Lipinski definition) is 6. The second-order valence-electron chi connectivity index (χ2n) is 5.38. The van der Waals surface area contributed by atoms with Crippen LogP contribution in [0.25, 0.3) is 10.8 Å². The molecule has 0 aliphatic heterocycles. The molecular weight excluding hydrogens is 386 g/mol. The van der Waals surface area contributed by atoms with Gasteiger partial charge in [-0.2, -0.15) is 5.10 Å². The molecule has 0 atom stereocenters. The van der Waals surface area contributed by atoms with Crippen molar-refractivity contribution in [3.8, 4) is 22.3 Å². The van der Waals surface area contributed by atoms with Gasteiger partial charge in [-0.25, -0.2) is 9.97 Å². The Bertz CT molecular complexity index is 1060. The largest absolute Gasteiger partial charge is 0.456 e. The summed E-state index contributed by atoms with van der Waals surface area (Å²) in [5, 5.41) is 12.1. The number of benzene rings is 2. The van der Waals surface area contributed by atoms with Crippen molar-refractivity contribution in [1.29, 1.82) is 0 Å². The summed E-state index contributed by atoms with van der Waals surface area (Å²) in [4.78, 5) is 20.6. The van der Waals surface area contributed by atoms with Gasteiger partial charge in [-0.15, -0.1) is 11.3 Å². The van der Waals surface area contributed by atoms with Crippen molar-refractivity contribution < 1.29 is 9.53 Å². The van der Waals surface area contributed by atoms with Gasteiger partial charge in [-0.05, 0) is 36.4 Å². The van der Waals surface area contributed by atoms with E-state index in [1.807, 2.05) is 12.1 Å². The van der Waals surface area contributed by atoms with Gasteiger partial charge in [0.2, 0.25) is 0 Å². The molecule has 1 amide bonds. The highest BCUT2D eigenvalue weighted by Crippen LogP contribution is 2.29. The van der Waals surface area contributed by atoms with Crippen LogP contribution in [-0.2, 0) is 0 Å². The number of carbonyl (C=O) groups excluding carboxylic acids is 1. The maximum absolute atomic E-state index is 12.4. The molecular formula is C18H12ClN5O2S. The molecule has 2 heterocycles. The summed E-state index contributed by atoms with van der Waals surface area (Å²) >= 11 is 7.40. The minimum Gasteiger partial charge on any atom is -0.456 e. The van der Waals surface area contributed by atoms with Crippen LogP contribution in [0.1, 0.15) is 10.5 Å². The van der Waals surface area contributed by atoms with Gasteiger partial charge in [0, 0.05) is 11.1 Å². The molecule has 134 valence electrons. The molecule has 27 heavy (non-hydrogen) atoms. The van der Waals surface area contributed by atoms with Crippen LogP contribution >= 0.6 is 22.9 Å². The van der Waals surface area contributed by atoms with Gasteiger partial charge in [0.05, 0.1) is 5.02 Å². The number of para-hydroxylation sites is 1. The minimum absolute atomic E-state index is 0.308. The van der Waals surface area contributed by atoms with Crippen LogP contribution in [0.2, 0.25) is 5.02 Å². The zero-order chi connectivity index (χ0) is 18.6. The molecule has 2 aromatic carbocycles. The van der Waals surface area contributed by atoms with Gasteiger partial charge in [-0.1, -0.05) is 23.7 Å². The van der Waals surface area contributed by atoms with E-state index in [0.717, 1.165) is 0 Å². The van der Waals surface area contributed by atoms with Gasteiger partial charge in [0.15, 0.2) is 10.8 Å². The van der Waals surface area contributed by atoms with Gasteiger partial charge in [-0.3, -0.25) is 9.89 Å². The lowest BCUT2D eigenvalue weighted by molar-refractivity contribution is 0.102. The summed E-state index contributed by atoms with van der Waals surface area (Å²) in [6.07, 6.45) is 1.39. The molecule has 0 unspecified atom stereocenters. The van der Waals surface area contributed by atoms with Crippen LogP contribution < -0.4 is 10.1 Å². The van der Waals surface area contributed by atoms with Crippen molar-refractivity contribution in [2.24, 2.45) is 0 Å². The molecule has 9 heteroatoms. The number of hydrogen-bond donors (Lipinski definition) is 2. The minimum atomic E-state index is -0.309.